The summed E-state index contributed by atoms with van der Waals surface area (Å²) in [5, 5.41) is 0. The van der Waals surface area contributed by atoms with E-state index in [1.165, 1.54) is 5.56 Å². The third-order valence-corrected chi connectivity index (χ3v) is 5.98. The topological polar surface area (TPSA) is 47.4 Å². The van der Waals surface area contributed by atoms with Gasteiger partial charge in [-0.05, 0) is 56.4 Å². The van der Waals surface area contributed by atoms with E-state index in [-0.39, 0.29) is 11.9 Å². The number of aromatic nitrogens is 2. The molecule has 3 aromatic rings. The predicted octanol–water partition coefficient (Wildman–Crippen LogP) is 5.28. The number of carbonyl (C=O) groups is 1. The summed E-state index contributed by atoms with van der Waals surface area (Å²) in [5.41, 5.74) is 3.34. The van der Waals surface area contributed by atoms with Crippen molar-refractivity contribution in [1.29, 1.82) is 0 Å². The third kappa shape index (κ3) is 4.20. The molecule has 158 valence electrons. The van der Waals surface area contributed by atoms with Gasteiger partial charge >= 0.3 is 0 Å². The minimum Gasteiger partial charge on any atom is -0.493 e. The van der Waals surface area contributed by atoms with Crippen LogP contribution >= 0.6 is 0 Å². The first kappa shape index (κ1) is 20.5. The number of para-hydroxylation sites is 3. The van der Waals surface area contributed by atoms with E-state index in [9.17, 15) is 4.79 Å². The van der Waals surface area contributed by atoms with Crippen LogP contribution in [0.1, 0.15) is 56.5 Å². The molecule has 0 radical (unpaired) electrons. The van der Waals surface area contributed by atoms with Crippen LogP contribution in [0.15, 0.2) is 48.5 Å². The number of imidazole rings is 1. The number of nitrogens with zero attached hydrogens (tertiary/aromatic N) is 3. The Balaban J connectivity index is 1.47. The zero-order valence-corrected chi connectivity index (χ0v) is 18.0. The van der Waals surface area contributed by atoms with Crippen molar-refractivity contribution in [3.05, 3.63) is 59.9 Å². The number of hydrogen-bond donors (Lipinski definition) is 0. The largest absolute Gasteiger partial charge is 0.493 e. The molecular weight excluding hydrogens is 374 g/mol. The van der Waals surface area contributed by atoms with E-state index in [4.69, 9.17) is 9.72 Å². The number of hydrogen-bond acceptors (Lipinski definition) is 3. The lowest BCUT2D eigenvalue weighted by atomic mass is 10.2. The molecule has 5 heteroatoms. The van der Waals surface area contributed by atoms with Gasteiger partial charge in [-0.15, -0.1) is 0 Å². The molecule has 1 aromatic heterocycles. The van der Waals surface area contributed by atoms with Gasteiger partial charge in [-0.3, -0.25) is 4.79 Å². The Hall–Kier alpha value is -2.82. The summed E-state index contributed by atoms with van der Waals surface area (Å²) < 4.78 is 8.29. The number of rotatable bonds is 8. The summed E-state index contributed by atoms with van der Waals surface area (Å²) in [6.07, 6.45) is 4.57. The van der Waals surface area contributed by atoms with Crippen molar-refractivity contribution in [2.45, 2.75) is 58.5 Å². The molecule has 0 N–H and O–H groups in total. The number of fused-ring (bicyclic) bond motifs is 1. The molecule has 30 heavy (non-hydrogen) atoms. The van der Waals surface area contributed by atoms with Crippen molar-refractivity contribution in [2.75, 3.05) is 13.2 Å². The fourth-order valence-electron chi connectivity index (χ4n) is 4.39. The number of amides is 1. The molecule has 1 amide bonds. The first-order valence-corrected chi connectivity index (χ1v) is 11.1. The van der Waals surface area contributed by atoms with Crippen molar-refractivity contribution >= 4 is 16.9 Å². The average Bonchev–Trinajstić information content (AvgIpc) is 3.39. The lowest BCUT2D eigenvalue weighted by Crippen LogP contribution is -2.31. The van der Waals surface area contributed by atoms with Crippen LogP contribution in [0, 0.1) is 6.92 Å². The normalized spacial score (nSPS) is 16.3. The van der Waals surface area contributed by atoms with Gasteiger partial charge in [0.25, 0.3) is 0 Å². The van der Waals surface area contributed by atoms with Crippen LogP contribution in [0.25, 0.3) is 11.0 Å². The molecule has 0 saturated carbocycles. The summed E-state index contributed by atoms with van der Waals surface area (Å²) in [6.45, 7) is 6.44. The second-order valence-electron chi connectivity index (χ2n) is 8.03. The Kier molecular flexibility index (Phi) is 6.36. The monoisotopic (exact) mass is 405 g/mol. The molecule has 1 atom stereocenters. The number of benzene rings is 2. The lowest BCUT2D eigenvalue weighted by molar-refractivity contribution is -0.131. The van der Waals surface area contributed by atoms with Gasteiger partial charge in [0.05, 0.1) is 23.7 Å². The van der Waals surface area contributed by atoms with E-state index in [1.54, 1.807) is 0 Å². The molecule has 5 nitrogen and oxygen atoms in total. The van der Waals surface area contributed by atoms with E-state index in [0.29, 0.717) is 13.0 Å². The van der Waals surface area contributed by atoms with E-state index in [0.717, 1.165) is 61.4 Å². The molecule has 1 fully saturated rings. The number of likely N-dealkylation sites (tertiary alicyclic amines) is 1. The van der Waals surface area contributed by atoms with Crippen LogP contribution < -0.4 is 4.74 Å². The molecular formula is C25H31N3O2. The van der Waals surface area contributed by atoms with Gasteiger partial charge in [-0.1, -0.05) is 37.3 Å². The van der Waals surface area contributed by atoms with Gasteiger partial charge in [-0.25, -0.2) is 4.98 Å². The molecule has 0 unspecified atom stereocenters. The SMILES string of the molecule is CCC(=O)N1CCC[C@@H]1c1nc2ccccc2n1CCCCOc1ccccc1C. The van der Waals surface area contributed by atoms with Crippen LogP contribution in [-0.4, -0.2) is 33.5 Å². The van der Waals surface area contributed by atoms with Gasteiger partial charge in [0.15, 0.2) is 0 Å². The van der Waals surface area contributed by atoms with Gasteiger partial charge in [0.2, 0.25) is 5.91 Å². The Morgan fingerprint density at radius 2 is 1.93 bits per heavy atom. The third-order valence-electron chi connectivity index (χ3n) is 5.98. The van der Waals surface area contributed by atoms with Crippen LogP contribution in [-0.2, 0) is 11.3 Å². The van der Waals surface area contributed by atoms with Crippen molar-refractivity contribution in [2.24, 2.45) is 0 Å². The summed E-state index contributed by atoms with van der Waals surface area (Å²) >= 11 is 0. The number of unbranched alkanes of at least 4 members (excludes halogenated alkanes) is 1. The lowest BCUT2D eigenvalue weighted by Gasteiger charge is -2.25. The van der Waals surface area contributed by atoms with Crippen molar-refractivity contribution in [3.63, 3.8) is 0 Å². The van der Waals surface area contributed by atoms with Crippen molar-refractivity contribution in [3.8, 4) is 5.75 Å². The number of aryl methyl sites for hydroxylation is 2. The van der Waals surface area contributed by atoms with E-state index < -0.39 is 0 Å². The fourth-order valence-corrected chi connectivity index (χ4v) is 4.39. The van der Waals surface area contributed by atoms with Gasteiger partial charge in [0.1, 0.15) is 11.6 Å². The van der Waals surface area contributed by atoms with Gasteiger partial charge in [-0.2, -0.15) is 0 Å². The Morgan fingerprint density at radius 1 is 1.13 bits per heavy atom. The smallest absolute Gasteiger partial charge is 0.222 e. The first-order chi connectivity index (χ1) is 14.7. The highest BCUT2D eigenvalue weighted by molar-refractivity contribution is 5.78. The van der Waals surface area contributed by atoms with Gasteiger partial charge < -0.3 is 14.2 Å². The highest BCUT2D eigenvalue weighted by Gasteiger charge is 2.32. The van der Waals surface area contributed by atoms with Crippen LogP contribution in [0.2, 0.25) is 0 Å². The number of carbonyl (C=O) groups excluding carboxylic acids is 1. The highest BCUT2D eigenvalue weighted by atomic mass is 16.5. The summed E-state index contributed by atoms with van der Waals surface area (Å²) in [4.78, 5) is 19.4. The standard InChI is InChI=1S/C25H31N3O2/c1-3-24(29)27-17-10-14-22(27)25-26-20-12-5-6-13-21(20)28(25)16-8-9-18-30-23-15-7-4-11-19(23)2/h4-7,11-13,15,22H,3,8-10,14,16-18H2,1-2H3/t22-/m1/s1. The van der Waals surface area contributed by atoms with E-state index >= 15 is 0 Å². The van der Waals surface area contributed by atoms with Crippen LogP contribution in [0.5, 0.6) is 5.75 Å². The van der Waals surface area contributed by atoms with Gasteiger partial charge in [0, 0.05) is 19.5 Å². The molecule has 0 bridgehead atoms. The second-order valence-corrected chi connectivity index (χ2v) is 8.03. The zero-order chi connectivity index (χ0) is 20.9. The Morgan fingerprint density at radius 3 is 2.77 bits per heavy atom. The quantitative estimate of drug-likeness (QED) is 0.479. The maximum absolute atomic E-state index is 12.5. The first-order valence-electron chi connectivity index (χ1n) is 11.1. The minimum atomic E-state index is 0.0908. The fraction of sp³-hybridized carbons (Fsp3) is 0.440. The molecule has 0 aliphatic carbocycles. The molecule has 2 aromatic carbocycles. The minimum absolute atomic E-state index is 0.0908. The molecule has 4 rings (SSSR count). The Bertz CT molecular complexity index is 1010. The second kappa shape index (κ2) is 9.33. The summed E-state index contributed by atoms with van der Waals surface area (Å²) in [5.74, 6) is 2.23. The van der Waals surface area contributed by atoms with Crippen LogP contribution in [0.3, 0.4) is 0 Å². The van der Waals surface area contributed by atoms with E-state index in [1.807, 2.05) is 36.1 Å². The molecule has 2 heterocycles. The molecule has 1 saturated heterocycles. The summed E-state index contributed by atoms with van der Waals surface area (Å²) in [7, 11) is 0. The summed E-state index contributed by atoms with van der Waals surface area (Å²) in [6, 6.07) is 16.5. The molecule has 1 aliphatic heterocycles. The van der Waals surface area contributed by atoms with Crippen molar-refractivity contribution < 1.29 is 9.53 Å². The number of ether oxygens (including phenoxy) is 1. The highest BCUT2D eigenvalue weighted by Crippen LogP contribution is 2.34. The maximum Gasteiger partial charge on any atom is 0.222 e. The zero-order valence-electron chi connectivity index (χ0n) is 18.0. The predicted molar refractivity (Wildman–Crippen MR) is 120 cm³/mol. The average molecular weight is 406 g/mol. The van der Waals surface area contributed by atoms with E-state index in [2.05, 4.69) is 35.8 Å². The maximum atomic E-state index is 12.5. The Labute approximate surface area is 178 Å². The van der Waals surface area contributed by atoms with Crippen LogP contribution in [0.4, 0.5) is 0 Å². The molecule has 1 aliphatic rings. The van der Waals surface area contributed by atoms with Crippen molar-refractivity contribution in [1.82, 2.24) is 14.5 Å². The molecule has 0 spiro atoms.